The van der Waals surface area contributed by atoms with Crippen molar-refractivity contribution in [3.05, 3.63) is 29.7 Å². The predicted molar refractivity (Wildman–Crippen MR) is 127 cm³/mol. The summed E-state index contributed by atoms with van der Waals surface area (Å²) in [5, 5.41) is 3.33. The zero-order chi connectivity index (χ0) is 19.6. The van der Waals surface area contributed by atoms with Crippen LogP contribution in [0.4, 0.5) is 0 Å². The van der Waals surface area contributed by atoms with E-state index in [4.69, 9.17) is 0 Å². The van der Waals surface area contributed by atoms with Gasteiger partial charge in [-0.1, -0.05) is 19.9 Å². The smallest absolute Gasteiger partial charge is 0.252 e. The Balaban J connectivity index is 0.00000676. The molecule has 0 atom stereocenters. The maximum Gasteiger partial charge on any atom is 0.252 e. The van der Waals surface area contributed by atoms with Crippen LogP contribution in [0, 0.1) is 0 Å². The molecule has 6 nitrogen and oxygen atoms in total. The van der Waals surface area contributed by atoms with Gasteiger partial charge in [-0.05, 0) is 31.4 Å². The maximum absolute atomic E-state index is 12.5. The first-order valence-corrected chi connectivity index (χ1v) is 11.3. The highest BCUT2D eigenvalue weighted by Crippen LogP contribution is 2.25. The van der Waals surface area contributed by atoms with E-state index in [0.717, 1.165) is 36.6 Å². The number of hydrogen-bond acceptors (Lipinski definition) is 4. The van der Waals surface area contributed by atoms with E-state index in [-0.39, 0.29) is 24.0 Å². The summed E-state index contributed by atoms with van der Waals surface area (Å²) in [6.45, 7) is 10.1. The molecule has 0 radical (unpaired) electrons. The third-order valence-corrected chi connectivity index (χ3v) is 7.73. The third-order valence-electron chi connectivity index (χ3n) is 4.07. The molecule has 1 rings (SSSR count). The lowest BCUT2D eigenvalue weighted by Crippen LogP contribution is -2.40. The quantitative estimate of drug-likeness (QED) is 0.157. The van der Waals surface area contributed by atoms with Crippen molar-refractivity contribution in [2.24, 2.45) is 4.99 Å². The average molecular weight is 529 g/mol. The van der Waals surface area contributed by atoms with Crippen molar-refractivity contribution >= 4 is 51.3 Å². The number of guanidine groups is 1. The van der Waals surface area contributed by atoms with Crippen molar-refractivity contribution in [2.45, 2.75) is 37.3 Å². The topological polar surface area (TPSA) is 65.0 Å². The van der Waals surface area contributed by atoms with Crippen LogP contribution in [-0.2, 0) is 16.4 Å². The highest BCUT2D eigenvalue weighted by Gasteiger charge is 2.23. The maximum atomic E-state index is 12.5. The van der Waals surface area contributed by atoms with E-state index in [1.165, 1.54) is 15.6 Å². The number of sulfonamides is 1. The average Bonchev–Trinajstić information content (AvgIpc) is 3.09. The van der Waals surface area contributed by atoms with Crippen molar-refractivity contribution in [1.82, 2.24) is 14.5 Å². The second-order valence-electron chi connectivity index (χ2n) is 5.89. The zero-order valence-corrected chi connectivity index (χ0v) is 20.7. The van der Waals surface area contributed by atoms with Gasteiger partial charge in [-0.15, -0.1) is 41.9 Å². The summed E-state index contributed by atoms with van der Waals surface area (Å²) < 4.78 is 27.0. The molecule has 9 heteroatoms. The SMILES string of the molecule is C=CCCCN(C)C(=NC)NCCc1ccc(S(=O)(=O)N(CC)CC)s1.I. The van der Waals surface area contributed by atoms with Gasteiger partial charge in [0.1, 0.15) is 4.21 Å². The number of thiophene rings is 1. The first-order valence-electron chi connectivity index (χ1n) is 9.02. The van der Waals surface area contributed by atoms with E-state index in [1.54, 1.807) is 13.1 Å². The number of aliphatic imine (C=N–C) groups is 1. The molecule has 0 fully saturated rings. The van der Waals surface area contributed by atoms with Crippen LogP contribution in [0.25, 0.3) is 0 Å². The van der Waals surface area contributed by atoms with Crippen LogP contribution in [0.15, 0.2) is 34.0 Å². The summed E-state index contributed by atoms with van der Waals surface area (Å²) >= 11 is 1.35. The van der Waals surface area contributed by atoms with E-state index in [0.29, 0.717) is 23.8 Å². The number of nitrogens with zero attached hydrogens (tertiary/aromatic N) is 3. The molecule has 1 aromatic heterocycles. The van der Waals surface area contributed by atoms with Gasteiger partial charge in [-0.2, -0.15) is 4.31 Å². The Morgan fingerprint density at radius 1 is 1.33 bits per heavy atom. The van der Waals surface area contributed by atoms with Gasteiger partial charge in [0.15, 0.2) is 5.96 Å². The molecule has 1 N–H and O–H groups in total. The molecule has 0 unspecified atom stereocenters. The van der Waals surface area contributed by atoms with Gasteiger partial charge in [-0.25, -0.2) is 8.42 Å². The summed E-state index contributed by atoms with van der Waals surface area (Å²) in [7, 11) is 0.421. The van der Waals surface area contributed by atoms with E-state index in [1.807, 2.05) is 33.0 Å². The molecule has 156 valence electrons. The summed E-state index contributed by atoms with van der Waals surface area (Å²) in [5.41, 5.74) is 0. The monoisotopic (exact) mass is 528 g/mol. The Hall–Kier alpha value is -0.650. The van der Waals surface area contributed by atoms with Crippen molar-refractivity contribution in [3.63, 3.8) is 0 Å². The van der Waals surface area contributed by atoms with Crippen LogP contribution in [0.5, 0.6) is 0 Å². The van der Waals surface area contributed by atoms with Crippen molar-refractivity contribution in [1.29, 1.82) is 0 Å². The molecular formula is C18H33IN4O2S2. The minimum atomic E-state index is -3.36. The van der Waals surface area contributed by atoms with Gasteiger partial charge in [0.05, 0.1) is 0 Å². The number of allylic oxidation sites excluding steroid dienone is 1. The molecule has 0 amide bonds. The highest BCUT2D eigenvalue weighted by atomic mass is 127. The number of hydrogen-bond donors (Lipinski definition) is 1. The van der Waals surface area contributed by atoms with E-state index < -0.39 is 10.0 Å². The fourth-order valence-electron chi connectivity index (χ4n) is 2.58. The number of rotatable bonds is 11. The molecule has 0 saturated carbocycles. The first kappa shape index (κ1) is 26.4. The largest absolute Gasteiger partial charge is 0.356 e. The number of halogens is 1. The van der Waals surface area contributed by atoms with Gasteiger partial charge < -0.3 is 10.2 Å². The van der Waals surface area contributed by atoms with Crippen LogP contribution >= 0.6 is 35.3 Å². The number of nitrogens with one attached hydrogen (secondary N) is 1. The molecule has 0 saturated heterocycles. The Kier molecular flexibility index (Phi) is 13.2. The first-order chi connectivity index (χ1) is 12.4. The van der Waals surface area contributed by atoms with E-state index in [9.17, 15) is 8.42 Å². The summed E-state index contributed by atoms with van der Waals surface area (Å²) in [6, 6.07) is 3.61. The zero-order valence-electron chi connectivity index (χ0n) is 16.8. The van der Waals surface area contributed by atoms with Gasteiger partial charge in [0.2, 0.25) is 0 Å². The van der Waals surface area contributed by atoms with E-state index >= 15 is 0 Å². The Labute approximate surface area is 185 Å². The highest BCUT2D eigenvalue weighted by molar-refractivity contribution is 14.0. The lowest BCUT2D eigenvalue weighted by atomic mass is 10.3. The van der Waals surface area contributed by atoms with Gasteiger partial charge in [0, 0.05) is 45.2 Å². The van der Waals surface area contributed by atoms with Crippen molar-refractivity contribution in [3.8, 4) is 0 Å². The van der Waals surface area contributed by atoms with Crippen LogP contribution < -0.4 is 5.32 Å². The van der Waals surface area contributed by atoms with Crippen LogP contribution in [0.1, 0.15) is 31.6 Å². The molecule has 0 aliphatic heterocycles. The molecule has 1 aromatic rings. The minimum Gasteiger partial charge on any atom is -0.356 e. The fourth-order valence-corrected chi connectivity index (χ4v) is 5.55. The normalized spacial score (nSPS) is 12.0. The molecule has 0 bridgehead atoms. The summed E-state index contributed by atoms with van der Waals surface area (Å²) in [4.78, 5) is 7.43. The number of unbranched alkanes of at least 4 members (excludes halogenated alkanes) is 1. The summed E-state index contributed by atoms with van der Waals surface area (Å²) in [6.07, 6.45) is 4.71. The predicted octanol–water partition coefficient (Wildman–Crippen LogP) is 3.41. The lowest BCUT2D eigenvalue weighted by molar-refractivity contribution is 0.447. The van der Waals surface area contributed by atoms with Crippen molar-refractivity contribution in [2.75, 3.05) is 40.3 Å². The second-order valence-corrected chi connectivity index (χ2v) is 9.22. The van der Waals surface area contributed by atoms with Gasteiger partial charge >= 0.3 is 0 Å². The molecule has 0 aromatic carbocycles. The lowest BCUT2D eigenvalue weighted by Gasteiger charge is -2.21. The fraction of sp³-hybridized carbons (Fsp3) is 0.611. The third kappa shape index (κ3) is 8.08. The molecule has 27 heavy (non-hydrogen) atoms. The standard InChI is InChI=1S/C18H32N4O2S2.HI/c1-6-9-10-15-21(5)18(19-4)20-14-13-16-11-12-17(25-16)26(23,24)22(7-2)8-3;/h6,11-12H,1,7-10,13-15H2,2-5H3,(H,19,20);1H. The van der Waals surface area contributed by atoms with Crippen LogP contribution in [0.3, 0.4) is 0 Å². The molecule has 0 spiro atoms. The summed E-state index contributed by atoms with van der Waals surface area (Å²) in [5.74, 6) is 0.849. The molecular weight excluding hydrogens is 495 g/mol. The van der Waals surface area contributed by atoms with Crippen molar-refractivity contribution < 1.29 is 8.42 Å². The van der Waals surface area contributed by atoms with E-state index in [2.05, 4.69) is 21.8 Å². The molecule has 1 heterocycles. The van der Waals surface area contributed by atoms with Crippen LogP contribution in [0.2, 0.25) is 0 Å². The minimum absolute atomic E-state index is 0. The Morgan fingerprint density at radius 2 is 2.00 bits per heavy atom. The molecule has 0 aliphatic rings. The Morgan fingerprint density at radius 3 is 2.56 bits per heavy atom. The van der Waals surface area contributed by atoms with Gasteiger partial charge in [0.25, 0.3) is 10.0 Å². The Bertz CT molecular complexity index is 685. The second kappa shape index (κ2) is 13.5. The van der Waals surface area contributed by atoms with Crippen LogP contribution in [-0.4, -0.2) is 63.9 Å². The molecule has 0 aliphatic carbocycles. The van der Waals surface area contributed by atoms with Gasteiger partial charge in [-0.3, -0.25) is 4.99 Å².